The topological polar surface area (TPSA) is 87.3 Å². The van der Waals surface area contributed by atoms with Crippen molar-refractivity contribution in [1.82, 2.24) is 15.1 Å². The molecule has 0 aliphatic heterocycles. The summed E-state index contributed by atoms with van der Waals surface area (Å²) in [6, 6.07) is 7.02. The number of methoxy groups -OCH3 is 1. The lowest BCUT2D eigenvalue weighted by Gasteiger charge is -2.16. The number of aromatic amines is 1. The molecule has 0 fully saturated rings. The Morgan fingerprint density at radius 3 is 2.72 bits per heavy atom. The highest BCUT2D eigenvalue weighted by Gasteiger charge is 2.23. The second kappa shape index (κ2) is 8.15. The van der Waals surface area contributed by atoms with Crippen molar-refractivity contribution in [2.24, 2.45) is 0 Å². The highest BCUT2D eigenvalue weighted by molar-refractivity contribution is 9.10. The Hall–Kier alpha value is -2.35. The van der Waals surface area contributed by atoms with Gasteiger partial charge in [0.15, 0.2) is 5.69 Å². The van der Waals surface area contributed by atoms with Crippen molar-refractivity contribution in [3.8, 4) is 5.75 Å². The van der Waals surface area contributed by atoms with E-state index in [9.17, 15) is 9.59 Å². The van der Waals surface area contributed by atoms with Gasteiger partial charge in [0.25, 0.3) is 5.91 Å². The van der Waals surface area contributed by atoms with Gasteiger partial charge in [0.05, 0.1) is 23.8 Å². The number of carbonyl (C=O) groups excluding carboxylic acids is 2. The normalized spacial score (nSPS) is 10.6. The van der Waals surface area contributed by atoms with Gasteiger partial charge in [-0.05, 0) is 34.0 Å². The molecule has 1 aromatic heterocycles. The van der Waals surface area contributed by atoms with Gasteiger partial charge >= 0.3 is 0 Å². The summed E-state index contributed by atoms with van der Waals surface area (Å²) in [4.78, 5) is 26.0. The van der Waals surface area contributed by atoms with Gasteiger partial charge in [-0.3, -0.25) is 14.7 Å². The van der Waals surface area contributed by atoms with Crippen LogP contribution in [-0.4, -0.2) is 47.6 Å². The molecule has 8 heteroatoms. The molecule has 0 saturated carbocycles. The molecule has 2 rings (SSSR count). The maximum atomic E-state index is 12.5. The van der Waals surface area contributed by atoms with E-state index in [-0.39, 0.29) is 30.0 Å². The van der Waals surface area contributed by atoms with Crippen LogP contribution in [0.5, 0.6) is 5.75 Å². The smallest absolute Gasteiger partial charge is 0.275 e. The Morgan fingerprint density at radius 1 is 1.40 bits per heavy atom. The molecule has 0 unspecified atom stereocenters. The molecule has 2 amide bonds. The van der Waals surface area contributed by atoms with E-state index in [1.807, 2.05) is 13.8 Å². The van der Waals surface area contributed by atoms with Gasteiger partial charge in [0.2, 0.25) is 5.91 Å². The first kappa shape index (κ1) is 19.0. The first-order chi connectivity index (χ1) is 11.8. The molecule has 25 heavy (non-hydrogen) atoms. The molecule has 0 spiro atoms. The number of likely N-dealkylation sites (N-methyl/N-ethyl adjacent to an activating group) is 1. The van der Waals surface area contributed by atoms with E-state index in [0.717, 1.165) is 5.69 Å². The molecule has 0 aliphatic carbocycles. The summed E-state index contributed by atoms with van der Waals surface area (Å²) in [6.45, 7) is 3.90. The zero-order chi connectivity index (χ0) is 18.6. The number of amides is 2. The molecular formula is C17H21BrN4O3. The second-order valence-electron chi connectivity index (χ2n) is 5.90. The van der Waals surface area contributed by atoms with Crippen molar-refractivity contribution in [2.45, 2.75) is 19.8 Å². The quantitative estimate of drug-likeness (QED) is 0.768. The predicted octanol–water partition coefficient (Wildman–Crippen LogP) is 3.01. The number of hydrogen-bond acceptors (Lipinski definition) is 4. The fourth-order valence-electron chi connectivity index (χ4n) is 2.24. The van der Waals surface area contributed by atoms with Gasteiger partial charge in [0.1, 0.15) is 5.75 Å². The van der Waals surface area contributed by atoms with E-state index in [4.69, 9.17) is 4.74 Å². The zero-order valence-corrected chi connectivity index (χ0v) is 16.2. The van der Waals surface area contributed by atoms with Gasteiger partial charge in [0, 0.05) is 18.8 Å². The van der Waals surface area contributed by atoms with Crippen molar-refractivity contribution in [1.29, 1.82) is 0 Å². The van der Waals surface area contributed by atoms with Crippen molar-refractivity contribution in [3.63, 3.8) is 0 Å². The zero-order valence-electron chi connectivity index (χ0n) is 14.6. The maximum absolute atomic E-state index is 12.5. The van der Waals surface area contributed by atoms with Crippen LogP contribution in [0.1, 0.15) is 35.9 Å². The average molecular weight is 409 g/mol. The molecule has 0 radical (unpaired) electrons. The number of nitrogens with one attached hydrogen (secondary N) is 2. The number of carbonyl (C=O) groups is 2. The molecule has 0 atom stereocenters. The van der Waals surface area contributed by atoms with Crippen LogP contribution in [0.2, 0.25) is 0 Å². The number of aromatic nitrogens is 2. The van der Waals surface area contributed by atoms with E-state index >= 15 is 0 Å². The minimum Gasteiger partial charge on any atom is -0.497 e. The minimum atomic E-state index is -0.337. The standard InChI is InChI=1S/C17H21BrN4O3/c1-10(2)15-14(18)16(21-20-15)17(24)22(3)9-13(23)19-11-6-5-7-12(8-11)25-4/h5-8,10H,9H2,1-4H3,(H,19,23)(H,20,21). The van der Waals surface area contributed by atoms with E-state index in [1.165, 1.54) is 4.90 Å². The summed E-state index contributed by atoms with van der Waals surface area (Å²) in [7, 11) is 3.12. The summed E-state index contributed by atoms with van der Waals surface area (Å²) in [5, 5.41) is 9.66. The lowest BCUT2D eigenvalue weighted by Crippen LogP contribution is -2.35. The third kappa shape index (κ3) is 4.60. The number of ether oxygens (including phenoxy) is 1. The fraction of sp³-hybridized carbons (Fsp3) is 0.353. The van der Waals surface area contributed by atoms with Gasteiger partial charge in [-0.2, -0.15) is 5.10 Å². The van der Waals surface area contributed by atoms with Gasteiger partial charge in [-0.25, -0.2) is 0 Å². The van der Waals surface area contributed by atoms with Gasteiger partial charge < -0.3 is 15.0 Å². The van der Waals surface area contributed by atoms with Gasteiger partial charge in [-0.15, -0.1) is 0 Å². The lowest BCUT2D eigenvalue weighted by molar-refractivity contribution is -0.116. The lowest BCUT2D eigenvalue weighted by atomic mass is 10.1. The predicted molar refractivity (Wildman–Crippen MR) is 99.0 cm³/mol. The number of rotatable bonds is 6. The molecule has 0 bridgehead atoms. The molecule has 134 valence electrons. The summed E-state index contributed by atoms with van der Waals surface area (Å²) >= 11 is 3.40. The summed E-state index contributed by atoms with van der Waals surface area (Å²) < 4.78 is 5.75. The molecule has 1 aromatic carbocycles. The molecule has 2 N–H and O–H groups in total. The van der Waals surface area contributed by atoms with Crippen molar-refractivity contribution in [2.75, 3.05) is 26.0 Å². The molecule has 0 saturated heterocycles. The van der Waals surface area contributed by atoms with Crippen molar-refractivity contribution < 1.29 is 14.3 Å². The summed E-state index contributed by atoms with van der Waals surface area (Å²) in [6.07, 6.45) is 0. The monoisotopic (exact) mass is 408 g/mol. The second-order valence-corrected chi connectivity index (χ2v) is 6.69. The van der Waals surface area contributed by atoms with Crippen LogP contribution in [0.25, 0.3) is 0 Å². The van der Waals surface area contributed by atoms with Crippen LogP contribution in [0.3, 0.4) is 0 Å². The number of halogens is 1. The molecule has 1 heterocycles. The highest BCUT2D eigenvalue weighted by atomic mass is 79.9. The third-order valence-corrected chi connectivity index (χ3v) is 4.40. The number of H-pyrrole nitrogens is 1. The number of benzene rings is 1. The maximum Gasteiger partial charge on any atom is 0.275 e. The molecular weight excluding hydrogens is 388 g/mol. The first-order valence-corrected chi connectivity index (χ1v) is 8.56. The van der Waals surface area contributed by atoms with Gasteiger partial charge in [-0.1, -0.05) is 19.9 Å². The van der Waals surface area contributed by atoms with Crippen LogP contribution < -0.4 is 10.1 Å². The Balaban J connectivity index is 2.02. The van der Waals surface area contributed by atoms with E-state index in [1.54, 1.807) is 38.4 Å². The fourth-order valence-corrected chi connectivity index (χ4v) is 3.04. The van der Waals surface area contributed by atoms with Crippen LogP contribution in [0.4, 0.5) is 5.69 Å². The van der Waals surface area contributed by atoms with Crippen LogP contribution in [0.15, 0.2) is 28.7 Å². The van der Waals surface area contributed by atoms with E-state index in [0.29, 0.717) is 15.9 Å². The number of nitrogens with zero attached hydrogens (tertiary/aromatic N) is 2. The Kier molecular flexibility index (Phi) is 6.19. The molecule has 2 aromatic rings. The highest BCUT2D eigenvalue weighted by Crippen LogP contribution is 2.26. The Bertz CT molecular complexity index is 773. The van der Waals surface area contributed by atoms with Crippen molar-refractivity contribution in [3.05, 3.63) is 40.1 Å². The van der Waals surface area contributed by atoms with Crippen LogP contribution in [0, 0.1) is 0 Å². The first-order valence-electron chi connectivity index (χ1n) is 7.76. The minimum absolute atomic E-state index is 0.0909. The van der Waals surface area contributed by atoms with E-state index in [2.05, 4.69) is 31.4 Å². The molecule has 7 nitrogen and oxygen atoms in total. The Labute approximate surface area is 154 Å². The summed E-state index contributed by atoms with van der Waals surface area (Å²) in [5.74, 6) is 0.199. The Morgan fingerprint density at radius 2 is 2.12 bits per heavy atom. The number of hydrogen-bond donors (Lipinski definition) is 2. The summed E-state index contributed by atoms with van der Waals surface area (Å²) in [5.41, 5.74) is 1.71. The van der Waals surface area contributed by atoms with E-state index < -0.39 is 0 Å². The van der Waals surface area contributed by atoms with Crippen LogP contribution in [-0.2, 0) is 4.79 Å². The van der Waals surface area contributed by atoms with Crippen molar-refractivity contribution >= 4 is 33.4 Å². The largest absolute Gasteiger partial charge is 0.497 e. The van der Waals surface area contributed by atoms with Crippen LogP contribution >= 0.6 is 15.9 Å². The average Bonchev–Trinajstić information content (AvgIpc) is 2.95. The number of anilines is 1. The molecule has 0 aliphatic rings. The SMILES string of the molecule is COc1cccc(NC(=O)CN(C)C(=O)c2n[nH]c(C(C)C)c2Br)c1. The third-order valence-electron chi connectivity index (χ3n) is 3.59.